The molecule has 1 aliphatic carbocycles. The van der Waals surface area contributed by atoms with Crippen LogP contribution in [0.2, 0.25) is 0 Å². The number of hydrogen-bond donors (Lipinski definition) is 2. The van der Waals surface area contributed by atoms with E-state index in [1.165, 1.54) is 18.4 Å². The number of aliphatic carboxylic acids is 1. The molecule has 0 spiro atoms. The number of benzene rings is 1. The average Bonchev–Trinajstić information content (AvgIpc) is 3.25. The van der Waals surface area contributed by atoms with Crippen LogP contribution >= 0.6 is 0 Å². The van der Waals surface area contributed by atoms with E-state index in [9.17, 15) is 9.59 Å². The van der Waals surface area contributed by atoms with Crippen LogP contribution in [0.1, 0.15) is 43.7 Å². The van der Waals surface area contributed by atoms with Gasteiger partial charge in [-0.2, -0.15) is 0 Å². The molecule has 1 aromatic carbocycles. The molecule has 1 aliphatic heterocycles. The van der Waals surface area contributed by atoms with Gasteiger partial charge in [-0.15, -0.1) is 0 Å². The Bertz CT molecular complexity index is 569. The third-order valence-electron chi connectivity index (χ3n) is 5.34. The first-order valence-electron chi connectivity index (χ1n) is 8.93. The van der Waals surface area contributed by atoms with Crippen molar-refractivity contribution in [2.45, 2.75) is 38.1 Å². The highest BCUT2D eigenvalue weighted by Crippen LogP contribution is 2.35. The predicted octanol–water partition coefficient (Wildman–Crippen LogP) is 2.44. The topological polar surface area (TPSA) is 69.6 Å². The van der Waals surface area contributed by atoms with Gasteiger partial charge in [0.15, 0.2) is 0 Å². The van der Waals surface area contributed by atoms with E-state index in [0.717, 1.165) is 12.8 Å². The first-order chi connectivity index (χ1) is 11.6. The van der Waals surface area contributed by atoms with Crippen molar-refractivity contribution in [3.8, 4) is 0 Å². The molecule has 3 rings (SSSR count). The van der Waals surface area contributed by atoms with Gasteiger partial charge in [-0.3, -0.25) is 14.5 Å². The number of amides is 1. The number of nitrogens with zero attached hydrogens (tertiary/aromatic N) is 1. The lowest BCUT2D eigenvalue weighted by Gasteiger charge is -2.26. The van der Waals surface area contributed by atoms with Crippen LogP contribution in [-0.2, 0) is 9.59 Å². The molecule has 2 fully saturated rings. The fourth-order valence-corrected chi connectivity index (χ4v) is 4.02. The lowest BCUT2D eigenvalue weighted by molar-refractivity contribution is -0.141. The number of hydrogen-bond acceptors (Lipinski definition) is 3. The van der Waals surface area contributed by atoms with Crippen LogP contribution in [-0.4, -0.2) is 41.5 Å². The molecule has 2 unspecified atom stereocenters. The number of rotatable bonds is 6. The fraction of sp³-hybridized carbons (Fsp3) is 0.579. The zero-order chi connectivity index (χ0) is 16.9. The van der Waals surface area contributed by atoms with E-state index in [2.05, 4.69) is 17.4 Å². The third kappa shape index (κ3) is 4.15. The van der Waals surface area contributed by atoms with Gasteiger partial charge in [0, 0.05) is 6.54 Å². The average molecular weight is 330 g/mol. The van der Waals surface area contributed by atoms with Crippen molar-refractivity contribution >= 4 is 11.9 Å². The van der Waals surface area contributed by atoms with Gasteiger partial charge in [-0.05, 0) is 37.3 Å². The van der Waals surface area contributed by atoms with Crippen LogP contribution in [0, 0.1) is 11.8 Å². The highest BCUT2D eigenvalue weighted by atomic mass is 16.4. The molecule has 0 aromatic heterocycles. The van der Waals surface area contributed by atoms with Gasteiger partial charge in [-0.25, -0.2) is 0 Å². The number of carboxylic acid groups (broad SMARTS) is 1. The minimum absolute atomic E-state index is 0.00166. The third-order valence-corrected chi connectivity index (χ3v) is 5.34. The molecule has 0 bridgehead atoms. The summed E-state index contributed by atoms with van der Waals surface area (Å²) >= 11 is 0. The standard InChI is InChI=1S/C19H26N2O3/c22-17(13-21-11-10-16(12-21)19(23)24)20-18(15-8-4-5-9-15)14-6-2-1-3-7-14/h1-3,6-7,15-16,18H,4-5,8-13H2,(H,20,22)(H,23,24). The molecule has 130 valence electrons. The number of carboxylic acids is 1. The number of nitrogens with one attached hydrogen (secondary N) is 1. The van der Waals surface area contributed by atoms with E-state index in [1.807, 2.05) is 23.1 Å². The Labute approximate surface area is 143 Å². The minimum Gasteiger partial charge on any atom is -0.481 e. The van der Waals surface area contributed by atoms with Gasteiger partial charge in [0.25, 0.3) is 0 Å². The Hall–Kier alpha value is -1.88. The lowest BCUT2D eigenvalue weighted by atomic mass is 9.91. The van der Waals surface area contributed by atoms with Crippen LogP contribution < -0.4 is 5.32 Å². The van der Waals surface area contributed by atoms with Crippen molar-refractivity contribution in [2.75, 3.05) is 19.6 Å². The summed E-state index contributed by atoms with van der Waals surface area (Å²) < 4.78 is 0. The highest BCUT2D eigenvalue weighted by Gasteiger charge is 2.31. The Morgan fingerprint density at radius 3 is 2.50 bits per heavy atom. The van der Waals surface area contributed by atoms with Crippen LogP contribution in [0.25, 0.3) is 0 Å². The van der Waals surface area contributed by atoms with Gasteiger partial charge in [-0.1, -0.05) is 43.2 Å². The summed E-state index contributed by atoms with van der Waals surface area (Å²) in [7, 11) is 0. The second-order valence-electron chi connectivity index (χ2n) is 7.06. The van der Waals surface area contributed by atoms with Crippen molar-refractivity contribution in [2.24, 2.45) is 11.8 Å². The number of carbonyl (C=O) groups is 2. The molecule has 1 saturated carbocycles. The molecule has 1 saturated heterocycles. The van der Waals surface area contributed by atoms with Crippen LogP contribution in [0.4, 0.5) is 0 Å². The molecule has 2 atom stereocenters. The second-order valence-corrected chi connectivity index (χ2v) is 7.06. The van der Waals surface area contributed by atoms with Gasteiger partial charge < -0.3 is 10.4 Å². The summed E-state index contributed by atoms with van der Waals surface area (Å²) in [5.41, 5.74) is 1.17. The molecule has 1 amide bonds. The molecule has 0 radical (unpaired) electrons. The normalized spacial score (nSPS) is 23.2. The lowest BCUT2D eigenvalue weighted by Crippen LogP contribution is -2.40. The first-order valence-corrected chi connectivity index (χ1v) is 8.93. The van der Waals surface area contributed by atoms with Crippen molar-refractivity contribution in [3.05, 3.63) is 35.9 Å². The molecular formula is C19H26N2O3. The maximum absolute atomic E-state index is 12.5. The minimum atomic E-state index is -0.758. The summed E-state index contributed by atoms with van der Waals surface area (Å²) in [5, 5.41) is 12.3. The summed E-state index contributed by atoms with van der Waals surface area (Å²) in [6.07, 6.45) is 5.41. The Morgan fingerprint density at radius 1 is 1.17 bits per heavy atom. The second kappa shape index (κ2) is 7.79. The largest absolute Gasteiger partial charge is 0.481 e. The Morgan fingerprint density at radius 2 is 1.88 bits per heavy atom. The van der Waals surface area contributed by atoms with Gasteiger partial charge in [0.1, 0.15) is 0 Å². The molecule has 5 heteroatoms. The van der Waals surface area contributed by atoms with Gasteiger partial charge in [0.05, 0.1) is 18.5 Å². The monoisotopic (exact) mass is 330 g/mol. The predicted molar refractivity (Wildman–Crippen MR) is 91.5 cm³/mol. The van der Waals surface area contributed by atoms with E-state index in [-0.39, 0.29) is 17.9 Å². The van der Waals surface area contributed by atoms with Gasteiger partial charge in [0.2, 0.25) is 5.91 Å². The van der Waals surface area contributed by atoms with Crippen molar-refractivity contribution in [3.63, 3.8) is 0 Å². The molecule has 2 aliphatic rings. The summed E-state index contributed by atoms with van der Waals surface area (Å²) in [6.45, 7) is 1.45. The van der Waals surface area contributed by atoms with Crippen LogP contribution in [0.15, 0.2) is 30.3 Å². The molecule has 2 N–H and O–H groups in total. The highest BCUT2D eigenvalue weighted by molar-refractivity contribution is 5.79. The molecular weight excluding hydrogens is 304 g/mol. The van der Waals surface area contributed by atoms with E-state index in [1.54, 1.807) is 0 Å². The van der Waals surface area contributed by atoms with E-state index >= 15 is 0 Å². The maximum Gasteiger partial charge on any atom is 0.307 e. The summed E-state index contributed by atoms with van der Waals surface area (Å²) in [6, 6.07) is 10.3. The number of carbonyl (C=O) groups excluding carboxylic acids is 1. The first kappa shape index (κ1) is 17.0. The molecule has 1 aromatic rings. The molecule has 5 nitrogen and oxygen atoms in total. The van der Waals surface area contributed by atoms with E-state index < -0.39 is 5.97 Å². The molecule has 1 heterocycles. The van der Waals surface area contributed by atoms with E-state index in [4.69, 9.17) is 5.11 Å². The quantitative estimate of drug-likeness (QED) is 0.840. The summed E-state index contributed by atoms with van der Waals surface area (Å²) in [4.78, 5) is 25.5. The van der Waals surface area contributed by atoms with Gasteiger partial charge >= 0.3 is 5.97 Å². The van der Waals surface area contributed by atoms with Crippen molar-refractivity contribution in [1.29, 1.82) is 0 Å². The van der Waals surface area contributed by atoms with Crippen molar-refractivity contribution in [1.82, 2.24) is 10.2 Å². The van der Waals surface area contributed by atoms with Crippen LogP contribution in [0.5, 0.6) is 0 Å². The SMILES string of the molecule is O=C(CN1CCC(C(=O)O)C1)NC(c1ccccc1)C1CCCC1. The van der Waals surface area contributed by atoms with Crippen LogP contribution in [0.3, 0.4) is 0 Å². The fourth-order valence-electron chi connectivity index (χ4n) is 4.02. The molecule has 24 heavy (non-hydrogen) atoms. The van der Waals surface area contributed by atoms with Crippen molar-refractivity contribution < 1.29 is 14.7 Å². The maximum atomic E-state index is 12.5. The zero-order valence-corrected chi connectivity index (χ0v) is 14.0. The smallest absolute Gasteiger partial charge is 0.307 e. The Kier molecular flexibility index (Phi) is 5.51. The zero-order valence-electron chi connectivity index (χ0n) is 14.0. The Balaban J connectivity index is 1.60. The number of likely N-dealkylation sites (tertiary alicyclic amines) is 1. The summed E-state index contributed by atoms with van der Waals surface area (Å²) in [5.74, 6) is -0.591. The van der Waals surface area contributed by atoms with E-state index in [0.29, 0.717) is 32.0 Å².